The van der Waals surface area contributed by atoms with Crippen molar-refractivity contribution in [1.29, 1.82) is 0 Å². The van der Waals surface area contributed by atoms with Gasteiger partial charge in [-0.25, -0.2) is 0 Å². The van der Waals surface area contributed by atoms with Gasteiger partial charge in [0.05, 0.1) is 12.5 Å². The van der Waals surface area contributed by atoms with Crippen molar-refractivity contribution in [3.05, 3.63) is 29.5 Å². The van der Waals surface area contributed by atoms with Crippen LogP contribution in [-0.4, -0.2) is 36.9 Å². The molecule has 1 aromatic carbocycles. The summed E-state index contributed by atoms with van der Waals surface area (Å²) in [6, 6.07) is 5.52. The first-order valence-electron chi connectivity index (χ1n) is 8.86. The van der Waals surface area contributed by atoms with Crippen molar-refractivity contribution in [3.8, 4) is 5.75 Å². The Labute approximate surface area is 152 Å². The lowest BCUT2D eigenvalue weighted by molar-refractivity contribution is -0.148. The van der Waals surface area contributed by atoms with E-state index in [0.717, 1.165) is 17.4 Å². The molecule has 6 nitrogen and oxygen atoms in total. The van der Waals surface area contributed by atoms with Gasteiger partial charge in [0.2, 0.25) is 5.91 Å². The van der Waals surface area contributed by atoms with Crippen LogP contribution in [0.1, 0.15) is 36.4 Å². The predicted octanol–water partition coefficient (Wildman–Crippen LogP) is 2.72. The molecule has 6 heteroatoms. The van der Waals surface area contributed by atoms with Crippen molar-refractivity contribution in [2.45, 2.75) is 27.2 Å². The number of carbonyl (C=O) groups excluding carboxylic acids is 2. The molecule has 1 aliphatic carbocycles. The van der Waals surface area contributed by atoms with E-state index in [9.17, 15) is 9.59 Å². The maximum Gasteiger partial charge on any atom is 0.289 e. The fourth-order valence-electron chi connectivity index (χ4n) is 5.06. The van der Waals surface area contributed by atoms with Crippen LogP contribution in [0.2, 0.25) is 0 Å². The highest BCUT2D eigenvalue weighted by Gasteiger charge is 2.66. The molecule has 2 fully saturated rings. The van der Waals surface area contributed by atoms with E-state index in [4.69, 9.17) is 14.9 Å². The van der Waals surface area contributed by atoms with Gasteiger partial charge < -0.3 is 19.8 Å². The molecule has 2 atom stereocenters. The number of rotatable bonds is 3. The maximum atomic E-state index is 13.1. The average molecular weight is 356 g/mol. The minimum atomic E-state index is -0.595. The second kappa shape index (κ2) is 5.25. The van der Waals surface area contributed by atoms with Crippen molar-refractivity contribution in [1.82, 2.24) is 4.90 Å². The SMILES string of the molecule is COc1ccc2c(C)c(C(=O)N3C[C@@H]4C(C)(C)C[C@]4(C(N)=O)C3)oc2c1. The molecular weight excluding hydrogens is 332 g/mol. The number of likely N-dealkylation sites (tertiary alicyclic amines) is 1. The molecule has 0 radical (unpaired) electrons. The topological polar surface area (TPSA) is 85.8 Å². The molecule has 1 saturated carbocycles. The number of primary amides is 1. The quantitative estimate of drug-likeness (QED) is 0.916. The summed E-state index contributed by atoms with van der Waals surface area (Å²) in [6.07, 6.45) is 0.722. The summed E-state index contributed by atoms with van der Waals surface area (Å²) >= 11 is 0. The van der Waals surface area contributed by atoms with Gasteiger partial charge in [-0.2, -0.15) is 0 Å². The highest BCUT2D eigenvalue weighted by molar-refractivity contribution is 6.00. The van der Waals surface area contributed by atoms with Gasteiger partial charge in [0.15, 0.2) is 5.76 Å². The summed E-state index contributed by atoms with van der Waals surface area (Å²) in [7, 11) is 1.59. The van der Waals surface area contributed by atoms with Crippen LogP contribution in [0.3, 0.4) is 0 Å². The van der Waals surface area contributed by atoms with E-state index in [1.54, 1.807) is 18.1 Å². The summed E-state index contributed by atoms with van der Waals surface area (Å²) < 4.78 is 11.1. The molecular formula is C20H24N2O4. The molecule has 1 saturated heterocycles. The zero-order valence-corrected chi connectivity index (χ0v) is 15.6. The zero-order valence-electron chi connectivity index (χ0n) is 15.6. The molecule has 1 aromatic heterocycles. The number of aryl methyl sites for hydroxylation is 1. The second-order valence-electron chi connectivity index (χ2n) is 8.34. The lowest BCUT2D eigenvalue weighted by Crippen LogP contribution is -2.59. The van der Waals surface area contributed by atoms with Crippen LogP contribution in [0.4, 0.5) is 0 Å². The predicted molar refractivity (Wildman–Crippen MR) is 96.9 cm³/mol. The van der Waals surface area contributed by atoms with E-state index in [0.29, 0.717) is 30.2 Å². The smallest absolute Gasteiger partial charge is 0.289 e. The van der Waals surface area contributed by atoms with E-state index in [1.807, 2.05) is 19.1 Å². The molecule has 2 heterocycles. The number of hydrogen-bond donors (Lipinski definition) is 1. The van der Waals surface area contributed by atoms with Crippen LogP contribution in [0.5, 0.6) is 5.75 Å². The first kappa shape index (κ1) is 16.9. The number of furan rings is 1. The van der Waals surface area contributed by atoms with Gasteiger partial charge in [-0.1, -0.05) is 13.8 Å². The van der Waals surface area contributed by atoms with Crippen LogP contribution >= 0.6 is 0 Å². The van der Waals surface area contributed by atoms with Crippen molar-refractivity contribution in [2.24, 2.45) is 22.5 Å². The number of benzene rings is 1. The van der Waals surface area contributed by atoms with Crippen molar-refractivity contribution >= 4 is 22.8 Å². The largest absolute Gasteiger partial charge is 0.497 e. The molecule has 26 heavy (non-hydrogen) atoms. The summed E-state index contributed by atoms with van der Waals surface area (Å²) in [4.78, 5) is 27.0. The van der Waals surface area contributed by atoms with Gasteiger partial charge in [-0.15, -0.1) is 0 Å². The van der Waals surface area contributed by atoms with Gasteiger partial charge >= 0.3 is 0 Å². The first-order chi connectivity index (χ1) is 12.2. The number of hydrogen-bond acceptors (Lipinski definition) is 4. The molecule has 4 rings (SSSR count). The lowest BCUT2D eigenvalue weighted by atomic mass is 9.48. The fourth-order valence-corrected chi connectivity index (χ4v) is 5.06. The van der Waals surface area contributed by atoms with Crippen molar-refractivity contribution in [2.75, 3.05) is 20.2 Å². The summed E-state index contributed by atoms with van der Waals surface area (Å²) in [6.45, 7) is 7.05. The highest BCUT2D eigenvalue weighted by Crippen LogP contribution is 2.62. The molecule has 2 amide bonds. The van der Waals surface area contributed by atoms with E-state index in [-0.39, 0.29) is 23.1 Å². The number of fused-ring (bicyclic) bond motifs is 2. The van der Waals surface area contributed by atoms with Crippen molar-refractivity contribution in [3.63, 3.8) is 0 Å². The van der Waals surface area contributed by atoms with Crippen LogP contribution < -0.4 is 10.5 Å². The number of carbonyl (C=O) groups is 2. The van der Waals surface area contributed by atoms with Gasteiger partial charge in [-0.3, -0.25) is 9.59 Å². The molecule has 2 aliphatic rings. The Hall–Kier alpha value is -2.50. The van der Waals surface area contributed by atoms with E-state index in [1.165, 1.54) is 0 Å². The monoisotopic (exact) mass is 356 g/mol. The molecule has 0 spiro atoms. The first-order valence-corrected chi connectivity index (χ1v) is 8.86. The summed E-state index contributed by atoms with van der Waals surface area (Å²) in [5.41, 5.74) is 6.55. The Morgan fingerprint density at radius 2 is 2.08 bits per heavy atom. The second-order valence-corrected chi connectivity index (χ2v) is 8.34. The van der Waals surface area contributed by atoms with Gasteiger partial charge in [0.25, 0.3) is 5.91 Å². The third-order valence-electron chi connectivity index (χ3n) is 6.37. The third-order valence-corrected chi connectivity index (χ3v) is 6.37. The summed E-state index contributed by atoms with van der Waals surface area (Å²) in [5, 5.41) is 0.890. The zero-order chi connectivity index (χ0) is 18.9. The Kier molecular flexibility index (Phi) is 3.42. The summed E-state index contributed by atoms with van der Waals surface area (Å²) in [5.74, 6) is 0.624. The minimum absolute atomic E-state index is 0.0142. The van der Waals surface area contributed by atoms with Crippen LogP contribution in [0, 0.1) is 23.7 Å². The fraction of sp³-hybridized carbons (Fsp3) is 0.500. The Bertz CT molecular complexity index is 929. The normalized spacial score (nSPS) is 26.5. The molecule has 0 bridgehead atoms. The van der Waals surface area contributed by atoms with E-state index < -0.39 is 5.41 Å². The number of amides is 2. The maximum absolute atomic E-state index is 13.1. The van der Waals surface area contributed by atoms with Crippen molar-refractivity contribution < 1.29 is 18.7 Å². The van der Waals surface area contributed by atoms with Gasteiger partial charge in [0.1, 0.15) is 11.3 Å². The average Bonchev–Trinajstić information content (AvgIpc) is 3.10. The Morgan fingerprint density at radius 3 is 2.65 bits per heavy atom. The molecule has 0 unspecified atom stereocenters. The number of methoxy groups -OCH3 is 1. The molecule has 2 N–H and O–H groups in total. The lowest BCUT2D eigenvalue weighted by Gasteiger charge is -2.54. The molecule has 2 aromatic rings. The number of nitrogens with two attached hydrogens (primary N) is 1. The third kappa shape index (κ3) is 2.11. The van der Waals surface area contributed by atoms with E-state index >= 15 is 0 Å². The minimum Gasteiger partial charge on any atom is -0.497 e. The van der Waals surface area contributed by atoms with Gasteiger partial charge in [0, 0.05) is 30.1 Å². The number of ether oxygens (including phenoxy) is 1. The Morgan fingerprint density at radius 1 is 1.35 bits per heavy atom. The van der Waals surface area contributed by atoms with Crippen LogP contribution in [0.25, 0.3) is 11.0 Å². The highest BCUT2D eigenvalue weighted by atomic mass is 16.5. The standard InChI is InChI=1S/C20H24N2O4/c1-11-13-6-5-12(25-4)7-14(13)26-16(11)17(23)22-8-15-19(2,3)9-20(15,10-22)18(21)24/h5-7,15H,8-10H2,1-4H3,(H2,21,24)/t15-,20+/m1/s1. The van der Waals surface area contributed by atoms with Gasteiger partial charge in [-0.05, 0) is 36.8 Å². The molecule has 138 valence electrons. The van der Waals surface area contributed by atoms with E-state index in [2.05, 4.69) is 13.8 Å². The van der Waals surface area contributed by atoms with Crippen LogP contribution in [-0.2, 0) is 4.79 Å². The van der Waals surface area contributed by atoms with Crippen LogP contribution in [0.15, 0.2) is 22.6 Å². The Balaban J connectivity index is 1.68. The molecule has 1 aliphatic heterocycles. The number of nitrogens with zero attached hydrogens (tertiary/aromatic N) is 1.